The van der Waals surface area contributed by atoms with Crippen molar-refractivity contribution in [2.45, 2.75) is 144 Å². The van der Waals surface area contributed by atoms with Gasteiger partial charge in [-0.3, -0.25) is 14.4 Å². The molecule has 46 heavy (non-hydrogen) atoms. The Morgan fingerprint density at radius 2 is 1.52 bits per heavy atom. The fourth-order valence-corrected chi connectivity index (χ4v) is 13.5. The topological polar surface area (TPSA) is 93.1 Å². The lowest BCUT2D eigenvalue weighted by molar-refractivity contribution is -0.248. The maximum absolute atomic E-state index is 13.6. The lowest BCUT2D eigenvalue weighted by atomic mass is 9.32. The van der Waals surface area contributed by atoms with Gasteiger partial charge in [-0.2, -0.15) is 0 Å². The summed E-state index contributed by atoms with van der Waals surface area (Å²) in [4.78, 5) is 40.2. The summed E-state index contributed by atoms with van der Waals surface area (Å²) in [5.41, 5.74) is 0.187. The molecule has 6 rings (SSSR count). The zero-order valence-electron chi connectivity index (χ0n) is 30.1. The molecule has 2 unspecified atom stereocenters. The zero-order valence-corrected chi connectivity index (χ0v) is 30.1. The van der Waals surface area contributed by atoms with Gasteiger partial charge in [0.15, 0.2) is 0 Å². The van der Waals surface area contributed by atoms with E-state index in [4.69, 9.17) is 9.47 Å². The number of hydrogen-bond donors (Lipinski definition) is 1. The van der Waals surface area contributed by atoms with Crippen molar-refractivity contribution >= 4 is 17.8 Å². The van der Waals surface area contributed by atoms with Crippen LogP contribution in [0.25, 0.3) is 0 Å². The SMILES string of the molecule is CC(C)(CC(=O)O)CC(=O)O[C@H]1CC[C@@]2(C)C(CC[C@]3(C)C2CC[C@@H]2[C@H]4CCC[C@]4(CC(=O)N4CCOCC4)CC[C@]23C)C1(C)C. The summed E-state index contributed by atoms with van der Waals surface area (Å²) in [5.74, 6) is 1.73. The maximum atomic E-state index is 13.6. The van der Waals surface area contributed by atoms with Crippen molar-refractivity contribution in [1.82, 2.24) is 4.90 Å². The summed E-state index contributed by atoms with van der Waals surface area (Å²) in [7, 11) is 0. The first-order valence-corrected chi connectivity index (χ1v) is 18.7. The van der Waals surface area contributed by atoms with Gasteiger partial charge >= 0.3 is 11.9 Å². The largest absolute Gasteiger partial charge is 0.481 e. The van der Waals surface area contributed by atoms with Crippen LogP contribution in [0.3, 0.4) is 0 Å². The molecular weight excluding hydrogens is 578 g/mol. The number of ether oxygens (including phenoxy) is 2. The van der Waals surface area contributed by atoms with Crippen LogP contribution < -0.4 is 0 Å². The van der Waals surface area contributed by atoms with E-state index in [1.165, 1.54) is 57.8 Å². The number of carboxylic acids is 1. The fraction of sp³-hybridized carbons (Fsp3) is 0.923. The number of fused-ring (bicyclic) bond motifs is 7. The van der Waals surface area contributed by atoms with Gasteiger partial charge in [0.1, 0.15) is 6.10 Å². The maximum Gasteiger partial charge on any atom is 0.306 e. The third kappa shape index (κ3) is 5.45. The van der Waals surface area contributed by atoms with E-state index in [0.29, 0.717) is 42.8 Å². The van der Waals surface area contributed by atoms with E-state index in [1.54, 1.807) is 0 Å². The molecule has 0 radical (unpaired) electrons. The Morgan fingerprint density at radius 3 is 2.22 bits per heavy atom. The van der Waals surface area contributed by atoms with Crippen LogP contribution in [0.4, 0.5) is 0 Å². The molecular formula is C39H63NO6. The van der Waals surface area contributed by atoms with Crippen LogP contribution in [-0.4, -0.2) is 60.3 Å². The normalized spacial score (nSPS) is 43.5. The molecule has 0 spiro atoms. The van der Waals surface area contributed by atoms with Crippen LogP contribution in [0.2, 0.25) is 0 Å². The summed E-state index contributed by atoms with van der Waals surface area (Å²) in [6.07, 6.45) is 13.9. The predicted octanol–water partition coefficient (Wildman–Crippen LogP) is 7.89. The molecule has 0 aromatic rings. The number of carbonyl (C=O) groups is 3. The average molecular weight is 642 g/mol. The first kappa shape index (κ1) is 34.2. The van der Waals surface area contributed by atoms with Crippen LogP contribution in [0.15, 0.2) is 0 Å². The van der Waals surface area contributed by atoms with Crippen LogP contribution >= 0.6 is 0 Å². The van der Waals surface area contributed by atoms with Crippen LogP contribution in [0, 0.1) is 56.2 Å². The Balaban J connectivity index is 1.18. The minimum absolute atomic E-state index is 0.0387. The number of aliphatic carboxylic acids is 1. The Labute approximate surface area is 278 Å². The highest BCUT2D eigenvalue weighted by atomic mass is 16.5. The first-order chi connectivity index (χ1) is 21.5. The Kier molecular flexibility index (Phi) is 8.75. The van der Waals surface area contributed by atoms with Crippen LogP contribution in [-0.2, 0) is 23.9 Å². The van der Waals surface area contributed by atoms with Gasteiger partial charge in [-0.1, -0.05) is 54.9 Å². The van der Waals surface area contributed by atoms with Crippen molar-refractivity contribution in [1.29, 1.82) is 0 Å². The second-order valence-electron chi connectivity index (χ2n) is 18.9. The van der Waals surface area contributed by atoms with E-state index in [9.17, 15) is 19.5 Å². The highest BCUT2D eigenvalue weighted by molar-refractivity contribution is 5.77. The van der Waals surface area contributed by atoms with Gasteiger partial charge < -0.3 is 19.5 Å². The van der Waals surface area contributed by atoms with Crippen LogP contribution in [0.5, 0.6) is 0 Å². The molecule has 1 amide bonds. The van der Waals surface area contributed by atoms with E-state index in [0.717, 1.165) is 32.4 Å². The Hall–Kier alpha value is -1.63. The molecule has 6 aliphatic rings. The van der Waals surface area contributed by atoms with E-state index >= 15 is 0 Å². The minimum Gasteiger partial charge on any atom is -0.481 e. The molecule has 5 aliphatic carbocycles. The van der Waals surface area contributed by atoms with Gasteiger partial charge in [0.05, 0.1) is 26.1 Å². The molecule has 0 aromatic carbocycles. The smallest absolute Gasteiger partial charge is 0.306 e. The molecule has 7 heteroatoms. The van der Waals surface area contributed by atoms with E-state index in [1.807, 2.05) is 13.8 Å². The number of amides is 1. The molecule has 0 aromatic heterocycles. The van der Waals surface area contributed by atoms with Gasteiger partial charge in [0.2, 0.25) is 5.91 Å². The fourth-order valence-electron chi connectivity index (χ4n) is 13.5. The number of carbonyl (C=O) groups excluding carboxylic acids is 2. The predicted molar refractivity (Wildman–Crippen MR) is 178 cm³/mol. The molecule has 1 heterocycles. The van der Waals surface area contributed by atoms with Gasteiger partial charge in [0, 0.05) is 24.9 Å². The summed E-state index contributed by atoms with van der Waals surface area (Å²) >= 11 is 0. The monoisotopic (exact) mass is 641 g/mol. The van der Waals surface area contributed by atoms with Crippen molar-refractivity contribution in [2.24, 2.45) is 56.2 Å². The molecule has 9 atom stereocenters. The summed E-state index contributed by atoms with van der Waals surface area (Å²) in [6, 6.07) is 0. The average Bonchev–Trinajstić information content (AvgIpc) is 3.38. The van der Waals surface area contributed by atoms with Crippen molar-refractivity contribution < 1.29 is 29.0 Å². The Bertz CT molecular complexity index is 1210. The zero-order chi connectivity index (χ0) is 33.3. The Morgan fingerprint density at radius 1 is 0.804 bits per heavy atom. The molecule has 260 valence electrons. The highest BCUT2D eigenvalue weighted by Gasteiger charge is 2.70. The second kappa shape index (κ2) is 11.8. The van der Waals surface area contributed by atoms with Crippen molar-refractivity contribution in [3.63, 3.8) is 0 Å². The van der Waals surface area contributed by atoms with Gasteiger partial charge in [0.25, 0.3) is 0 Å². The van der Waals surface area contributed by atoms with Gasteiger partial charge in [-0.25, -0.2) is 0 Å². The van der Waals surface area contributed by atoms with Crippen molar-refractivity contribution in [2.75, 3.05) is 26.3 Å². The molecule has 7 nitrogen and oxygen atoms in total. The minimum atomic E-state index is -0.877. The molecule has 1 saturated heterocycles. The molecule has 6 fully saturated rings. The number of carboxylic acid groups (broad SMARTS) is 1. The number of morpholine rings is 1. The lowest BCUT2D eigenvalue weighted by Gasteiger charge is -2.72. The summed E-state index contributed by atoms with van der Waals surface area (Å²) in [5, 5.41) is 9.30. The van der Waals surface area contributed by atoms with Gasteiger partial charge in [-0.05, 0) is 115 Å². The molecule has 1 N–H and O–H groups in total. The van der Waals surface area contributed by atoms with E-state index in [2.05, 4.69) is 39.5 Å². The third-order valence-electron chi connectivity index (χ3n) is 15.9. The standard InChI is InChI=1S/C39H63NO6/c1-34(2,24-32(42)43)25-33(44)46-30-13-15-36(5)28(35(30,3)4)12-16-38(7)29(36)11-10-26-27-9-8-14-39(27,18-17-37(26,38)6)23-31(41)40-19-21-45-22-20-40/h26-30H,8-25H2,1-7H3,(H,42,43)/t26-,27-,28?,29?,30+,36+,37-,38-,39-/m1/s1. The number of esters is 1. The number of hydrogen-bond acceptors (Lipinski definition) is 5. The highest BCUT2D eigenvalue weighted by Crippen LogP contribution is 2.77. The number of rotatable bonds is 7. The first-order valence-electron chi connectivity index (χ1n) is 18.7. The van der Waals surface area contributed by atoms with Crippen molar-refractivity contribution in [3.8, 4) is 0 Å². The van der Waals surface area contributed by atoms with Crippen LogP contribution in [0.1, 0.15) is 138 Å². The molecule has 5 saturated carbocycles. The van der Waals surface area contributed by atoms with Gasteiger partial charge in [-0.15, -0.1) is 0 Å². The lowest BCUT2D eigenvalue weighted by Crippen LogP contribution is -2.66. The van der Waals surface area contributed by atoms with E-state index in [-0.39, 0.29) is 52.0 Å². The molecule has 0 bridgehead atoms. The number of nitrogens with zero attached hydrogens (tertiary/aromatic N) is 1. The molecule has 1 aliphatic heterocycles. The van der Waals surface area contributed by atoms with Crippen molar-refractivity contribution in [3.05, 3.63) is 0 Å². The quantitative estimate of drug-likeness (QED) is 0.284. The summed E-state index contributed by atoms with van der Waals surface area (Å²) < 4.78 is 11.8. The summed E-state index contributed by atoms with van der Waals surface area (Å²) in [6.45, 7) is 19.1. The third-order valence-corrected chi connectivity index (χ3v) is 15.9. The second-order valence-corrected chi connectivity index (χ2v) is 18.9. The van der Waals surface area contributed by atoms with E-state index < -0.39 is 11.4 Å².